The Morgan fingerprint density at radius 1 is 1.53 bits per heavy atom. The van der Waals surface area contributed by atoms with Crippen LogP contribution in [0.4, 0.5) is 11.4 Å². The molecule has 0 aliphatic carbocycles. The summed E-state index contributed by atoms with van der Waals surface area (Å²) in [6.07, 6.45) is 1.40. The van der Waals surface area contributed by atoms with Crippen LogP contribution in [0.3, 0.4) is 0 Å². The Morgan fingerprint density at radius 3 is 3.12 bits per heavy atom. The number of anilines is 2. The van der Waals surface area contributed by atoms with Crippen molar-refractivity contribution in [2.45, 2.75) is 5.16 Å². The normalized spacial score (nSPS) is 10.1. The van der Waals surface area contributed by atoms with Crippen LogP contribution in [0.5, 0.6) is 0 Å². The van der Waals surface area contributed by atoms with Gasteiger partial charge in [0.2, 0.25) is 5.91 Å². The highest BCUT2D eigenvalue weighted by Crippen LogP contribution is 2.14. The standard InChI is InChI=1S/C10H11N5OS/c11-7-2-1-3-8(4-7)14-9(16)5-17-10-12-6-13-15-10/h1-4,6H,5,11H2,(H,14,16)(H,12,13,15). The van der Waals surface area contributed by atoms with Crippen molar-refractivity contribution in [2.24, 2.45) is 0 Å². The van der Waals surface area contributed by atoms with Gasteiger partial charge < -0.3 is 11.1 Å². The lowest BCUT2D eigenvalue weighted by Gasteiger charge is -2.04. The predicted molar refractivity (Wildman–Crippen MR) is 66.6 cm³/mol. The number of carbonyl (C=O) groups is 1. The summed E-state index contributed by atoms with van der Waals surface area (Å²) in [7, 11) is 0. The van der Waals surface area contributed by atoms with Crippen LogP contribution in [0.1, 0.15) is 0 Å². The van der Waals surface area contributed by atoms with Gasteiger partial charge in [-0.1, -0.05) is 17.8 Å². The monoisotopic (exact) mass is 249 g/mol. The third-order valence-corrected chi connectivity index (χ3v) is 2.78. The molecule has 0 aliphatic rings. The van der Waals surface area contributed by atoms with Gasteiger partial charge in [-0.05, 0) is 18.2 Å². The predicted octanol–water partition coefficient (Wildman–Crippen LogP) is 1.12. The molecule has 0 spiro atoms. The van der Waals surface area contributed by atoms with E-state index >= 15 is 0 Å². The summed E-state index contributed by atoms with van der Waals surface area (Å²) in [4.78, 5) is 15.5. The fourth-order valence-corrected chi connectivity index (χ4v) is 1.79. The van der Waals surface area contributed by atoms with E-state index in [0.717, 1.165) is 0 Å². The minimum atomic E-state index is -0.114. The number of thioether (sulfide) groups is 1. The summed E-state index contributed by atoms with van der Waals surface area (Å²) in [5.41, 5.74) is 6.91. The molecule has 1 amide bonds. The number of H-pyrrole nitrogens is 1. The molecule has 4 N–H and O–H groups in total. The van der Waals surface area contributed by atoms with Crippen LogP contribution in [-0.2, 0) is 4.79 Å². The molecule has 0 aliphatic heterocycles. The third-order valence-electron chi connectivity index (χ3n) is 1.90. The van der Waals surface area contributed by atoms with Gasteiger partial charge in [0.1, 0.15) is 6.33 Å². The molecule has 1 aromatic heterocycles. The lowest BCUT2D eigenvalue weighted by atomic mass is 10.3. The first-order valence-corrected chi connectivity index (χ1v) is 5.86. The van der Waals surface area contributed by atoms with Crippen molar-refractivity contribution in [1.29, 1.82) is 0 Å². The largest absolute Gasteiger partial charge is 0.399 e. The van der Waals surface area contributed by atoms with E-state index in [9.17, 15) is 4.79 Å². The summed E-state index contributed by atoms with van der Waals surface area (Å²) >= 11 is 1.29. The van der Waals surface area contributed by atoms with Crippen LogP contribution < -0.4 is 11.1 Å². The first-order valence-electron chi connectivity index (χ1n) is 4.87. The summed E-state index contributed by atoms with van der Waals surface area (Å²) in [6, 6.07) is 7.04. The number of hydrogen-bond donors (Lipinski definition) is 3. The SMILES string of the molecule is Nc1cccc(NC(=O)CSc2ncn[nH]2)c1. The van der Waals surface area contributed by atoms with Crippen LogP contribution in [0.15, 0.2) is 35.7 Å². The van der Waals surface area contributed by atoms with E-state index in [2.05, 4.69) is 20.5 Å². The fraction of sp³-hybridized carbons (Fsp3) is 0.100. The summed E-state index contributed by atoms with van der Waals surface area (Å²) in [5.74, 6) is 0.154. The van der Waals surface area contributed by atoms with Gasteiger partial charge in [-0.3, -0.25) is 9.89 Å². The number of amides is 1. The van der Waals surface area contributed by atoms with Crippen molar-refractivity contribution >= 4 is 29.0 Å². The molecule has 0 bridgehead atoms. The Kier molecular flexibility index (Phi) is 3.61. The van der Waals surface area contributed by atoms with E-state index in [-0.39, 0.29) is 11.7 Å². The zero-order chi connectivity index (χ0) is 12.1. The molecular formula is C10H11N5OS. The lowest BCUT2D eigenvalue weighted by Crippen LogP contribution is -2.14. The molecule has 7 heteroatoms. The molecule has 0 saturated heterocycles. The maximum absolute atomic E-state index is 11.6. The second kappa shape index (κ2) is 5.35. The molecule has 2 rings (SSSR count). The van der Waals surface area contributed by atoms with Gasteiger partial charge in [0, 0.05) is 11.4 Å². The number of hydrogen-bond acceptors (Lipinski definition) is 5. The summed E-state index contributed by atoms with van der Waals surface area (Å²) in [5, 5.41) is 9.72. The first kappa shape index (κ1) is 11.5. The van der Waals surface area contributed by atoms with Gasteiger partial charge >= 0.3 is 0 Å². The average Bonchev–Trinajstić information content (AvgIpc) is 2.79. The Hall–Kier alpha value is -2.02. The van der Waals surface area contributed by atoms with Gasteiger partial charge in [0.05, 0.1) is 5.75 Å². The molecule has 0 saturated carbocycles. The van der Waals surface area contributed by atoms with Gasteiger partial charge in [-0.15, -0.1) is 0 Å². The Morgan fingerprint density at radius 2 is 2.41 bits per heavy atom. The Labute approximate surface area is 102 Å². The van der Waals surface area contributed by atoms with E-state index in [1.807, 2.05) is 0 Å². The molecule has 6 nitrogen and oxygen atoms in total. The number of nitrogens with zero attached hydrogens (tertiary/aromatic N) is 2. The zero-order valence-electron chi connectivity index (χ0n) is 8.88. The molecule has 1 heterocycles. The number of nitrogens with two attached hydrogens (primary N) is 1. The van der Waals surface area contributed by atoms with Crippen molar-refractivity contribution in [2.75, 3.05) is 16.8 Å². The van der Waals surface area contributed by atoms with E-state index in [1.165, 1.54) is 18.1 Å². The Balaban J connectivity index is 1.85. The highest BCUT2D eigenvalue weighted by atomic mass is 32.2. The highest BCUT2D eigenvalue weighted by Gasteiger charge is 2.05. The van der Waals surface area contributed by atoms with Gasteiger partial charge in [0.15, 0.2) is 5.16 Å². The van der Waals surface area contributed by atoms with E-state index in [4.69, 9.17) is 5.73 Å². The second-order valence-corrected chi connectivity index (χ2v) is 4.22. The van der Waals surface area contributed by atoms with Crippen LogP contribution in [0.25, 0.3) is 0 Å². The molecule has 17 heavy (non-hydrogen) atoms. The van der Waals surface area contributed by atoms with Crippen molar-refractivity contribution in [1.82, 2.24) is 15.2 Å². The minimum Gasteiger partial charge on any atom is -0.399 e. The number of aromatic nitrogens is 3. The van der Waals surface area contributed by atoms with Gasteiger partial charge in [-0.25, -0.2) is 4.98 Å². The van der Waals surface area contributed by atoms with Crippen molar-refractivity contribution in [3.8, 4) is 0 Å². The zero-order valence-corrected chi connectivity index (χ0v) is 9.70. The average molecular weight is 249 g/mol. The topological polar surface area (TPSA) is 96.7 Å². The molecule has 0 fully saturated rings. The molecule has 0 unspecified atom stereocenters. The molecule has 1 aromatic carbocycles. The molecule has 0 radical (unpaired) electrons. The van der Waals surface area contributed by atoms with Crippen molar-refractivity contribution in [3.63, 3.8) is 0 Å². The van der Waals surface area contributed by atoms with Crippen LogP contribution >= 0.6 is 11.8 Å². The minimum absolute atomic E-state index is 0.114. The number of carbonyl (C=O) groups excluding carboxylic acids is 1. The number of nitrogen functional groups attached to an aromatic ring is 1. The van der Waals surface area contributed by atoms with E-state index in [0.29, 0.717) is 16.5 Å². The number of benzene rings is 1. The van der Waals surface area contributed by atoms with Crippen molar-refractivity contribution in [3.05, 3.63) is 30.6 Å². The molecule has 2 aromatic rings. The maximum Gasteiger partial charge on any atom is 0.234 e. The summed E-state index contributed by atoms with van der Waals surface area (Å²) < 4.78 is 0. The molecule has 0 atom stereocenters. The van der Waals surface area contributed by atoms with E-state index < -0.39 is 0 Å². The van der Waals surface area contributed by atoms with Gasteiger partial charge in [-0.2, -0.15) is 5.10 Å². The highest BCUT2D eigenvalue weighted by molar-refractivity contribution is 7.99. The third kappa shape index (κ3) is 3.49. The molecular weight excluding hydrogens is 238 g/mol. The second-order valence-electron chi connectivity index (χ2n) is 3.25. The number of rotatable bonds is 4. The quantitative estimate of drug-likeness (QED) is 0.557. The smallest absolute Gasteiger partial charge is 0.234 e. The first-order chi connectivity index (χ1) is 8.24. The molecule has 88 valence electrons. The number of nitrogens with one attached hydrogen (secondary N) is 2. The van der Waals surface area contributed by atoms with Crippen LogP contribution in [0.2, 0.25) is 0 Å². The van der Waals surface area contributed by atoms with Crippen LogP contribution in [0, 0.1) is 0 Å². The lowest BCUT2D eigenvalue weighted by molar-refractivity contribution is -0.113. The summed E-state index contributed by atoms with van der Waals surface area (Å²) in [6.45, 7) is 0. The Bertz CT molecular complexity index is 499. The van der Waals surface area contributed by atoms with E-state index in [1.54, 1.807) is 24.3 Å². The van der Waals surface area contributed by atoms with Gasteiger partial charge in [0.25, 0.3) is 0 Å². The number of aromatic amines is 1. The van der Waals surface area contributed by atoms with Crippen molar-refractivity contribution < 1.29 is 4.79 Å². The van der Waals surface area contributed by atoms with Crippen LogP contribution in [-0.4, -0.2) is 26.8 Å². The fourth-order valence-electron chi connectivity index (χ4n) is 1.21. The maximum atomic E-state index is 11.6.